The second-order valence-electron chi connectivity index (χ2n) is 2.97. The van der Waals surface area contributed by atoms with E-state index in [1.54, 1.807) is 6.08 Å². The van der Waals surface area contributed by atoms with Crippen molar-refractivity contribution in [2.75, 3.05) is 6.61 Å². The molecule has 1 unspecified atom stereocenters. The molecule has 0 fully saturated rings. The summed E-state index contributed by atoms with van der Waals surface area (Å²) in [6.07, 6.45) is 5.93. The average molecular weight is 164 g/mol. The summed E-state index contributed by atoms with van der Waals surface area (Å²) in [5, 5.41) is 0. The van der Waals surface area contributed by atoms with Crippen molar-refractivity contribution in [2.45, 2.75) is 19.8 Å². The normalized spacial score (nSPS) is 23.2. The number of hydrogen-bond acceptors (Lipinski definition) is 1. The quantitative estimate of drug-likeness (QED) is 0.623. The first kappa shape index (κ1) is 9.11. The lowest BCUT2D eigenvalue weighted by molar-refractivity contribution is 0.178. The highest BCUT2D eigenvalue weighted by atomic mass is 16.5. The van der Waals surface area contributed by atoms with E-state index >= 15 is 0 Å². The molecule has 1 heterocycles. The van der Waals surface area contributed by atoms with Crippen molar-refractivity contribution in [3.05, 3.63) is 36.6 Å². The second kappa shape index (κ2) is 4.15. The van der Waals surface area contributed by atoms with Crippen LogP contribution in [0.25, 0.3) is 0 Å². The molecule has 1 nitrogen and oxygen atoms in total. The monoisotopic (exact) mass is 164 g/mol. The molecule has 0 N–H and O–H groups in total. The Morgan fingerprint density at radius 2 is 2.25 bits per heavy atom. The summed E-state index contributed by atoms with van der Waals surface area (Å²) < 4.78 is 5.45. The van der Waals surface area contributed by atoms with Gasteiger partial charge in [-0.05, 0) is 30.4 Å². The van der Waals surface area contributed by atoms with Gasteiger partial charge in [-0.3, -0.25) is 0 Å². The maximum absolute atomic E-state index is 5.45. The zero-order valence-electron chi connectivity index (χ0n) is 7.68. The average Bonchev–Trinajstić information content (AvgIpc) is 2.16. The van der Waals surface area contributed by atoms with Crippen LogP contribution in [-0.2, 0) is 4.74 Å². The van der Waals surface area contributed by atoms with Gasteiger partial charge in [0.15, 0.2) is 0 Å². The molecule has 0 aromatic heterocycles. The van der Waals surface area contributed by atoms with Gasteiger partial charge in [0, 0.05) is 0 Å². The third-order valence-electron chi connectivity index (χ3n) is 2.35. The molecule has 0 amide bonds. The van der Waals surface area contributed by atoms with Gasteiger partial charge in [-0.2, -0.15) is 0 Å². The highest BCUT2D eigenvalue weighted by Gasteiger charge is 2.18. The van der Waals surface area contributed by atoms with Crippen molar-refractivity contribution >= 4 is 0 Å². The van der Waals surface area contributed by atoms with Crippen molar-refractivity contribution in [1.29, 1.82) is 0 Å². The molecule has 0 saturated heterocycles. The lowest BCUT2D eigenvalue weighted by Crippen LogP contribution is -2.14. The van der Waals surface area contributed by atoms with E-state index in [1.165, 1.54) is 5.57 Å². The van der Waals surface area contributed by atoms with E-state index in [9.17, 15) is 0 Å². The van der Waals surface area contributed by atoms with Crippen LogP contribution in [0.2, 0.25) is 0 Å². The van der Waals surface area contributed by atoms with E-state index in [4.69, 9.17) is 4.74 Å². The molecule has 1 rings (SSSR count). The van der Waals surface area contributed by atoms with Crippen molar-refractivity contribution in [3.63, 3.8) is 0 Å². The van der Waals surface area contributed by atoms with E-state index in [1.807, 2.05) is 6.08 Å². The van der Waals surface area contributed by atoms with Gasteiger partial charge >= 0.3 is 0 Å². The van der Waals surface area contributed by atoms with Gasteiger partial charge in [-0.15, -0.1) is 0 Å². The minimum Gasteiger partial charge on any atom is -0.493 e. The summed E-state index contributed by atoms with van der Waals surface area (Å²) in [5.74, 6) is 1.53. The highest BCUT2D eigenvalue weighted by molar-refractivity contribution is 5.30. The maximum atomic E-state index is 5.45. The van der Waals surface area contributed by atoms with Gasteiger partial charge < -0.3 is 4.74 Å². The van der Waals surface area contributed by atoms with E-state index in [0.717, 1.165) is 25.2 Å². The molecule has 1 aliphatic rings. The molecule has 0 aromatic carbocycles. The van der Waals surface area contributed by atoms with Gasteiger partial charge in [-0.1, -0.05) is 26.2 Å². The zero-order valence-corrected chi connectivity index (χ0v) is 7.68. The molecule has 0 radical (unpaired) electrons. The first-order chi connectivity index (χ1) is 5.83. The summed E-state index contributed by atoms with van der Waals surface area (Å²) in [4.78, 5) is 0. The minimum absolute atomic E-state index is 0.615. The predicted molar refractivity (Wildman–Crippen MR) is 51.8 cm³/mol. The summed E-state index contributed by atoms with van der Waals surface area (Å²) >= 11 is 0. The Hall–Kier alpha value is -0.980. The number of hydrogen-bond donors (Lipinski definition) is 0. The molecule has 0 bridgehead atoms. The van der Waals surface area contributed by atoms with Crippen LogP contribution in [0.1, 0.15) is 19.8 Å². The van der Waals surface area contributed by atoms with Crippen LogP contribution in [0.4, 0.5) is 0 Å². The van der Waals surface area contributed by atoms with Gasteiger partial charge in [0.1, 0.15) is 5.76 Å². The van der Waals surface area contributed by atoms with Gasteiger partial charge in [-0.25, -0.2) is 0 Å². The van der Waals surface area contributed by atoms with Crippen LogP contribution in [0.5, 0.6) is 0 Å². The van der Waals surface area contributed by atoms with Gasteiger partial charge in [0.25, 0.3) is 0 Å². The number of allylic oxidation sites excluding steroid dienone is 3. The van der Waals surface area contributed by atoms with Gasteiger partial charge in [0.05, 0.1) is 6.61 Å². The fourth-order valence-electron chi connectivity index (χ4n) is 1.62. The largest absolute Gasteiger partial charge is 0.493 e. The predicted octanol–water partition coefficient (Wildman–Crippen LogP) is 3.06. The third-order valence-corrected chi connectivity index (χ3v) is 2.35. The van der Waals surface area contributed by atoms with E-state index in [0.29, 0.717) is 5.92 Å². The van der Waals surface area contributed by atoms with Crippen LogP contribution < -0.4 is 0 Å². The van der Waals surface area contributed by atoms with Gasteiger partial charge in [0.2, 0.25) is 0 Å². The molecular weight excluding hydrogens is 148 g/mol. The van der Waals surface area contributed by atoms with E-state index in [2.05, 4.69) is 20.1 Å². The van der Waals surface area contributed by atoms with Crippen molar-refractivity contribution < 1.29 is 4.74 Å². The van der Waals surface area contributed by atoms with Crippen molar-refractivity contribution in [3.8, 4) is 0 Å². The molecule has 1 atom stereocenters. The Balaban J connectivity index is 2.92. The Bertz CT molecular complexity index is 213. The first-order valence-corrected chi connectivity index (χ1v) is 4.45. The van der Waals surface area contributed by atoms with Crippen molar-refractivity contribution in [1.82, 2.24) is 0 Å². The highest BCUT2D eigenvalue weighted by Crippen LogP contribution is 2.28. The van der Waals surface area contributed by atoms with E-state index < -0.39 is 0 Å². The van der Waals surface area contributed by atoms with Crippen molar-refractivity contribution in [2.24, 2.45) is 5.92 Å². The molecule has 0 saturated carbocycles. The summed E-state index contributed by atoms with van der Waals surface area (Å²) in [7, 11) is 0. The minimum atomic E-state index is 0.615. The molecule has 0 aliphatic carbocycles. The third kappa shape index (κ3) is 1.60. The molecule has 1 aliphatic heterocycles. The van der Waals surface area contributed by atoms with Crippen LogP contribution in [0.3, 0.4) is 0 Å². The number of ether oxygens (including phenoxy) is 1. The number of rotatable bonds is 3. The molecule has 0 aromatic rings. The van der Waals surface area contributed by atoms with Crippen LogP contribution in [-0.4, -0.2) is 6.61 Å². The Labute approximate surface area is 74.4 Å². The standard InChI is InChI=1S/C11H16O/c1-4-9-7-8-12-11(6-3)10(9)5-2/h5-6,9H,2-4,7-8H2,1H3. The molecule has 1 heteroatoms. The van der Waals surface area contributed by atoms with E-state index in [-0.39, 0.29) is 0 Å². The lowest BCUT2D eigenvalue weighted by atomic mass is 9.90. The zero-order chi connectivity index (χ0) is 8.97. The fourth-order valence-corrected chi connectivity index (χ4v) is 1.62. The Kier molecular flexibility index (Phi) is 3.15. The van der Waals surface area contributed by atoms with Crippen LogP contribution in [0, 0.1) is 5.92 Å². The van der Waals surface area contributed by atoms with Crippen LogP contribution in [0.15, 0.2) is 36.6 Å². The maximum Gasteiger partial charge on any atom is 0.122 e. The lowest BCUT2D eigenvalue weighted by Gasteiger charge is -2.24. The molecular formula is C11H16O. The molecule has 0 spiro atoms. The summed E-state index contributed by atoms with van der Waals surface area (Å²) in [6.45, 7) is 10.5. The first-order valence-electron chi connectivity index (χ1n) is 4.45. The molecule has 12 heavy (non-hydrogen) atoms. The summed E-state index contributed by atoms with van der Waals surface area (Å²) in [6, 6.07) is 0. The Morgan fingerprint density at radius 3 is 2.75 bits per heavy atom. The smallest absolute Gasteiger partial charge is 0.122 e. The fraction of sp³-hybridized carbons (Fsp3) is 0.455. The SMILES string of the molecule is C=CC1=C(C=C)C(CC)CCO1. The Morgan fingerprint density at radius 1 is 1.50 bits per heavy atom. The summed E-state index contributed by atoms with van der Waals surface area (Å²) in [5.41, 5.74) is 1.22. The van der Waals surface area contributed by atoms with Crippen LogP contribution >= 0.6 is 0 Å². The molecule has 66 valence electrons. The second-order valence-corrected chi connectivity index (χ2v) is 2.97. The topological polar surface area (TPSA) is 9.23 Å².